The summed E-state index contributed by atoms with van der Waals surface area (Å²) >= 11 is 3.72. The van der Waals surface area contributed by atoms with E-state index in [-0.39, 0.29) is 0 Å². The van der Waals surface area contributed by atoms with E-state index < -0.39 is 0 Å². The smallest absolute Gasteiger partial charge is 0.205 e. The van der Waals surface area contributed by atoms with Gasteiger partial charge in [0.15, 0.2) is 0 Å². The van der Waals surface area contributed by atoms with E-state index in [4.69, 9.17) is 5.73 Å². The lowest BCUT2D eigenvalue weighted by Gasteiger charge is -2.02. The third kappa shape index (κ3) is 3.16. The van der Waals surface area contributed by atoms with Crippen molar-refractivity contribution in [3.8, 4) is 0 Å². The second kappa shape index (κ2) is 5.46. The first-order valence-corrected chi connectivity index (χ1v) is 6.88. The summed E-state index contributed by atoms with van der Waals surface area (Å²) in [5, 5.41) is 6.63. The first-order valence-electron chi connectivity index (χ1n) is 4.92. The van der Waals surface area contributed by atoms with Crippen molar-refractivity contribution < 1.29 is 0 Å². The standard InChI is InChI=1S/C11H11IN4S/c1-7-3-2-4-9(12)8(7)5-14-16-11-15-10(13)6-17-11/h2-6H,13H2,1H3,(H,15,16). The number of anilines is 2. The zero-order valence-electron chi connectivity index (χ0n) is 9.14. The predicted molar refractivity (Wildman–Crippen MR) is 81.6 cm³/mol. The molecule has 1 aromatic heterocycles. The number of hydrazone groups is 1. The molecule has 4 nitrogen and oxygen atoms in total. The molecule has 0 aliphatic carbocycles. The summed E-state index contributed by atoms with van der Waals surface area (Å²) in [6, 6.07) is 6.14. The first kappa shape index (κ1) is 12.3. The van der Waals surface area contributed by atoms with Crippen molar-refractivity contribution in [2.45, 2.75) is 6.92 Å². The van der Waals surface area contributed by atoms with Crippen LogP contribution in [0.3, 0.4) is 0 Å². The fraction of sp³-hybridized carbons (Fsp3) is 0.0909. The lowest BCUT2D eigenvalue weighted by molar-refractivity contribution is 1.29. The van der Waals surface area contributed by atoms with Gasteiger partial charge >= 0.3 is 0 Å². The summed E-state index contributed by atoms with van der Waals surface area (Å²) in [6.07, 6.45) is 1.80. The van der Waals surface area contributed by atoms with Gasteiger partial charge in [0.1, 0.15) is 5.82 Å². The normalized spacial score (nSPS) is 10.9. The van der Waals surface area contributed by atoms with Crippen molar-refractivity contribution >= 4 is 51.1 Å². The predicted octanol–water partition coefficient (Wildman–Crippen LogP) is 3.08. The second-order valence-corrected chi connectivity index (χ2v) is 5.44. The van der Waals surface area contributed by atoms with E-state index in [1.54, 1.807) is 11.6 Å². The van der Waals surface area contributed by atoms with Crippen molar-refractivity contribution in [1.82, 2.24) is 4.98 Å². The molecule has 0 fully saturated rings. The average molecular weight is 358 g/mol. The molecule has 0 bridgehead atoms. The lowest BCUT2D eigenvalue weighted by Crippen LogP contribution is -1.95. The van der Waals surface area contributed by atoms with Crippen LogP contribution >= 0.6 is 33.9 Å². The number of nitrogens with two attached hydrogens (primary N) is 1. The highest BCUT2D eigenvalue weighted by Gasteiger charge is 2.00. The number of rotatable bonds is 3. The Hall–Kier alpha value is -1.15. The Morgan fingerprint density at radius 1 is 1.53 bits per heavy atom. The summed E-state index contributed by atoms with van der Waals surface area (Å²) in [5.41, 5.74) is 10.7. The molecule has 0 amide bonds. The quantitative estimate of drug-likeness (QED) is 0.504. The molecule has 2 aromatic rings. The van der Waals surface area contributed by atoms with Crippen LogP contribution in [0.5, 0.6) is 0 Å². The minimum atomic E-state index is 0.512. The van der Waals surface area contributed by atoms with E-state index in [0.29, 0.717) is 10.9 Å². The molecule has 88 valence electrons. The highest BCUT2D eigenvalue weighted by Crippen LogP contribution is 2.17. The van der Waals surface area contributed by atoms with Gasteiger partial charge in [-0.25, -0.2) is 4.98 Å². The third-order valence-electron chi connectivity index (χ3n) is 2.15. The Kier molecular flexibility index (Phi) is 3.95. The monoisotopic (exact) mass is 358 g/mol. The van der Waals surface area contributed by atoms with E-state index in [1.807, 2.05) is 6.07 Å². The van der Waals surface area contributed by atoms with Crippen LogP contribution in [-0.2, 0) is 0 Å². The van der Waals surface area contributed by atoms with Crippen LogP contribution in [0.15, 0.2) is 28.7 Å². The fourth-order valence-electron chi connectivity index (χ4n) is 1.30. The van der Waals surface area contributed by atoms with Gasteiger partial charge in [-0.2, -0.15) is 5.10 Å². The van der Waals surface area contributed by atoms with Gasteiger partial charge in [-0.05, 0) is 41.1 Å². The van der Waals surface area contributed by atoms with Crippen LogP contribution in [0.1, 0.15) is 11.1 Å². The highest BCUT2D eigenvalue weighted by atomic mass is 127. The van der Waals surface area contributed by atoms with Crippen LogP contribution < -0.4 is 11.2 Å². The maximum atomic E-state index is 5.52. The molecule has 0 spiro atoms. The van der Waals surface area contributed by atoms with Crippen LogP contribution in [0.25, 0.3) is 0 Å². The number of aryl methyl sites for hydroxylation is 1. The van der Waals surface area contributed by atoms with Gasteiger partial charge in [-0.15, -0.1) is 11.3 Å². The number of thiazole rings is 1. The van der Waals surface area contributed by atoms with E-state index in [0.717, 1.165) is 5.56 Å². The van der Waals surface area contributed by atoms with Gasteiger partial charge in [-0.1, -0.05) is 12.1 Å². The SMILES string of the molecule is Cc1cccc(I)c1C=NNc1nc(N)cs1. The molecule has 0 saturated heterocycles. The van der Waals surface area contributed by atoms with E-state index in [1.165, 1.54) is 20.5 Å². The minimum absolute atomic E-state index is 0.512. The number of halogens is 1. The highest BCUT2D eigenvalue weighted by molar-refractivity contribution is 14.1. The molecule has 0 radical (unpaired) electrons. The maximum absolute atomic E-state index is 5.52. The number of nitrogen functional groups attached to an aromatic ring is 1. The molecule has 0 unspecified atom stereocenters. The van der Waals surface area contributed by atoms with Crippen molar-refractivity contribution in [2.24, 2.45) is 5.10 Å². The Bertz CT molecular complexity index is 530. The van der Waals surface area contributed by atoms with Crippen molar-refractivity contribution in [3.05, 3.63) is 38.3 Å². The number of hydrogen-bond donors (Lipinski definition) is 2. The Labute approximate surface area is 117 Å². The van der Waals surface area contributed by atoms with Gasteiger partial charge in [0.05, 0.1) is 6.21 Å². The van der Waals surface area contributed by atoms with Crippen LogP contribution in [-0.4, -0.2) is 11.2 Å². The van der Waals surface area contributed by atoms with Crippen molar-refractivity contribution in [1.29, 1.82) is 0 Å². The van der Waals surface area contributed by atoms with Gasteiger partial charge in [0.25, 0.3) is 0 Å². The van der Waals surface area contributed by atoms with Crippen molar-refractivity contribution in [2.75, 3.05) is 11.2 Å². The average Bonchev–Trinajstić information content (AvgIpc) is 2.69. The summed E-state index contributed by atoms with van der Waals surface area (Å²) < 4.78 is 1.17. The summed E-state index contributed by atoms with van der Waals surface area (Å²) in [5.74, 6) is 0.512. The van der Waals surface area contributed by atoms with Gasteiger partial charge in [0, 0.05) is 14.5 Å². The summed E-state index contributed by atoms with van der Waals surface area (Å²) in [4.78, 5) is 4.06. The Morgan fingerprint density at radius 3 is 3.00 bits per heavy atom. The summed E-state index contributed by atoms with van der Waals surface area (Å²) in [7, 11) is 0. The largest absolute Gasteiger partial charge is 0.383 e. The molecule has 1 aromatic carbocycles. The van der Waals surface area contributed by atoms with E-state index in [9.17, 15) is 0 Å². The molecule has 17 heavy (non-hydrogen) atoms. The number of nitrogens with one attached hydrogen (secondary N) is 1. The topological polar surface area (TPSA) is 63.3 Å². The Balaban J connectivity index is 2.10. The Morgan fingerprint density at radius 2 is 2.35 bits per heavy atom. The third-order valence-corrected chi connectivity index (χ3v) is 3.85. The number of aromatic nitrogens is 1. The van der Waals surface area contributed by atoms with Gasteiger partial charge in [-0.3, -0.25) is 5.43 Å². The molecule has 1 heterocycles. The fourth-order valence-corrected chi connectivity index (χ4v) is 2.62. The molecule has 2 rings (SSSR count). The maximum Gasteiger partial charge on any atom is 0.205 e. The lowest BCUT2D eigenvalue weighted by atomic mass is 10.1. The van der Waals surface area contributed by atoms with Gasteiger partial charge < -0.3 is 5.73 Å². The first-order chi connectivity index (χ1) is 8.16. The zero-order valence-corrected chi connectivity index (χ0v) is 12.1. The number of nitrogens with zero attached hydrogens (tertiary/aromatic N) is 2. The molecule has 0 saturated carbocycles. The molecule has 0 aliphatic heterocycles. The van der Waals surface area contributed by atoms with Gasteiger partial charge in [0.2, 0.25) is 5.13 Å². The van der Waals surface area contributed by atoms with Crippen molar-refractivity contribution in [3.63, 3.8) is 0 Å². The number of hydrogen-bond acceptors (Lipinski definition) is 5. The molecule has 0 aliphatic rings. The minimum Gasteiger partial charge on any atom is -0.383 e. The number of benzene rings is 1. The second-order valence-electron chi connectivity index (χ2n) is 3.42. The van der Waals surface area contributed by atoms with Crippen LogP contribution in [0, 0.1) is 10.5 Å². The molecular weight excluding hydrogens is 347 g/mol. The van der Waals surface area contributed by atoms with E-state index in [2.05, 4.69) is 57.2 Å². The molecule has 3 N–H and O–H groups in total. The molecular formula is C11H11IN4S. The summed E-state index contributed by atoms with van der Waals surface area (Å²) in [6.45, 7) is 2.06. The van der Waals surface area contributed by atoms with Crippen LogP contribution in [0.2, 0.25) is 0 Å². The van der Waals surface area contributed by atoms with Crippen LogP contribution in [0.4, 0.5) is 10.9 Å². The molecule has 0 atom stereocenters. The van der Waals surface area contributed by atoms with E-state index >= 15 is 0 Å². The zero-order chi connectivity index (χ0) is 12.3. The molecule has 6 heteroatoms.